The molecule has 0 aliphatic carbocycles. The third kappa shape index (κ3) is 16.2. The number of hydrogen-bond acceptors (Lipinski definition) is 7. The van der Waals surface area contributed by atoms with Crippen LogP contribution in [0.3, 0.4) is 0 Å². The summed E-state index contributed by atoms with van der Waals surface area (Å²) in [6, 6.07) is 24.0. The number of likely N-dealkylation sites (tertiary alicyclic amines) is 1. The van der Waals surface area contributed by atoms with Crippen molar-refractivity contribution < 1.29 is 33.0 Å². The molecule has 0 radical (unpaired) electrons. The zero-order chi connectivity index (χ0) is 49.9. The van der Waals surface area contributed by atoms with E-state index in [4.69, 9.17) is 27.9 Å². The molecule has 4 aromatic carbocycles. The standard InChI is InChI=1S/C33H39ClFN3O4.C21H21BrClFN2O/c1-24-22-36(23-25-5-10-29(35)11-6-25)19-20-38(24)30(39)12-8-26-7-9-28(34)21-27(26)13-14-33(41)15-17-37(18-16-33)31(40)42-32(2,3)4;1-15-13-25(14-16-2-7-19(24)8-3-16)10-11-26(15)21(27)9-5-17-4-6-18(23)12-20(17)22/h5-12,21,24,41H,15-20,22-23H2,1-4H3;2-9,12,15H,10-11,13-14H2,1H3/b12-8+;9-5+/t24-;15-/m11/s1. The molecule has 3 aliphatic rings. The Morgan fingerprint density at radius 3 is 1.65 bits per heavy atom. The van der Waals surface area contributed by atoms with Gasteiger partial charge in [-0.15, -0.1) is 0 Å². The number of aliphatic hydroxyl groups is 1. The Labute approximate surface area is 423 Å². The lowest BCUT2D eigenvalue weighted by Gasteiger charge is -2.39. The highest BCUT2D eigenvalue weighted by atomic mass is 79.9. The van der Waals surface area contributed by atoms with E-state index in [9.17, 15) is 28.3 Å². The normalized spacial score (nSPS) is 18.9. The molecule has 69 heavy (non-hydrogen) atoms. The highest BCUT2D eigenvalue weighted by molar-refractivity contribution is 9.10. The van der Waals surface area contributed by atoms with Gasteiger partial charge in [0.15, 0.2) is 0 Å². The molecule has 4 aromatic rings. The van der Waals surface area contributed by atoms with E-state index in [1.54, 1.807) is 65.6 Å². The zero-order valence-corrected chi connectivity index (χ0v) is 42.8. The molecule has 3 saturated heterocycles. The van der Waals surface area contributed by atoms with Crippen LogP contribution in [0.2, 0.25) is 10.0 Å². The molecular weight excluding hydrogens is 987 g/mol. The number of amides is 3. The number of halogens is 5. The van der Waals surface area contributed by atoms with Crippen LogP contribution in [0.5, 0.6) is 0 Å². The number of ether oxygens (including phenoxy) is 1. The SMILES string of the molecule is C[C@@H]1CN(Cc2ccc(F)cc2)CCN1C(=O)/C=C/c1ccc(Cl)cc1Br.C[C@@H]1CN(Cc2ccc(F)cc2)CCN1C(=O)/C=C/c1ccc(Cl)cc1C#CC1(O)CCN(C(=O)OC(C)(C)C)CC1. The second-order valence-electron chi connectivity index (χ2n) is 18.8. The first-order valence-electron chi connectivity index (χ1n) is 23.1. The van der Waals surface area contributed by atoms with Gasteiger partial charge in [0.05, 0.1) is 0 Å². The van der Waals surface area contributed by atoms with E-state index in [0.29, 0.717) is 61.2 Å². The molecule has 0 unspecified atom stereocenters. The summed E-state index contributed by atoms with van der Waals surface area (Å²) in [5, 5.41) is 12.2. The minimum absolute atomic E-state index is 0.00535. The average molecular weight is 1050 g/mol. The average Bonchev–Trinajstić information content (AvgIpc) is 3.29. The number of benzene rings is 4. The molecule has 7 rings (SSSR count). The van der Waals surface area contributed by atoms with Crippen LogP contribution < -0.4 is 0 Å². The van der Waals surface area contributed by atoms with E-state index < -0.39 is 17.3 Å². The van der Waals surface area contributed by atoms with E-state index in [1.165, 1.54) is 24.3 Å². The van der Waals surface area contributed by atoms with Crippen LogP contribution in [0.1, 0.15) is 75.3 Å². The Kier molecular flexibility index (Phi) is 18.7. The lowest BCUT2D eigenvalue weighted by atomic mass is 9.91. The number of nitrogens with zero attached hydrogens (tertiary/aromatic N) is 5. The van der Waals surface area contributed by atoms with Crippen molar-refractivity contribution in [2.45, 2.75) is 83.8 Å². The predicted molar refractivity (Wildman–Crippen MR) is 273 cm³/mol. The molecular formula is C54H60BrCl2F2N5O5. The number of piperazine rings is 2. The summed E-state index contributed by atoms with van der Waals surface area (Å²) in [5.41, 5.74) is 2.52. The third-order valence-electron chi connectivity index (χ3n) is 12.1. The van der Waals surface area contributed by atoms with Crippen molar-refractivity contribution in [3.8, 4) is 11.8 Å². The Hall–Kier alpha value is -5.07. The van der Waals surface area contributed by atoms with Gasteiger partial charge in [-0.25, -0.2) is 13.6 Å². The van der Waals surface area contributed by atoms with Gasteiger partial charge in [-0.3, -0.25) is 19.4 Å². The molecule has 3 heterocycles. The lowest BCUT2D eigenvalue weighted by molar-refractivity contribution is -0.131. The first-order valence-corrected chi connectivity index (χ1v) is 24.7. The van der Waals surface area contributed by atoms with E-state index in [2.05, 4.69) is 44.5 Å². The van der Waals surface area contributed by atoms with Gasteiger partial charge in [0.2, 0.25) is 11.8 Å². The molecule has 3 fully saturated rings. The second kappa shape index (κ2) is 24.2. The smallest absolute Gasteiger partial charge is 0.410 e. The van der Waals surface area contributed by atoms with Gasteiger partial charge in [-0.2, -0.15) is 0 Å². The van der Waals surface area contributed by atoms with Crippen molar-refractivity contribution in [1.82, 2.24) is 24.5 Å². The molecule has 366 valence electrons. The fourth-order valence-corrected chi connectivity index (χ4v) is 9.32. The first-order chi connectivity index (χ1) is 32.7. The van der Waals surface area contributed by atoms with Crippen molar-refractivity contribution in [3.63, 3.8) is 0 Å². The van der Waals surface area contributed by atoms with Crippen molar-refractivity contribution in [1.29, 1.82) is 0 Å². The maximum Gasteiger partial charge on any atom is 0.410 e. The Balaban J connectivity index is 0.000000249. The van der Waals surface area contributed by atoms with Crippen LogP contribution in [0.15, 0.2) is 102 Å². The fraction of sp³-hybridized carbons (Fsp3) is 0.389. The van der Waals surface area contributed by atoms with Gasteiger partial charge >= 0.3 is 6.09 Å². The van der Waals surface area contributed by atoms with Crippen molar-refractivity contribution in [2.75, 3.05) is 52.4 Å². The first kappa shape index (κ1) is 53.3. The van der Waals surface area contributed by atoms with Gasteiger partial charge in [-0.1, -0.05) is 87.4 Å². The molecule has 0 spiro atoms. The van der Waals surface area contributed by atoms with Gasteiger partial charge < -0.3 is 24.5 Å². The summed E-state index contributed by atoms with van der Waals surface area (Å²) in [6.07, 6.45) is 6.90. The van der Waals surface area contributed by atoms with Crippen LogP contribution >= 0.6 is 39.1 Å². The molecule has 10 nitrogen and oxygen atoms in total. The third-order valence-corrected chi connectivity index (χ3v) is 13.2. The van der Waals surface area contributed by atoms with Crippen molar-refractivity contribution in [2.24, 2.45) is 0 Å². The van der Waals surface area contributed by atoms with Crippen LogP contribution in [-0.4, -0.2) is 123 Å². The van der Waals surface area contributed by atoms with Gasteiger partial charge in [-0.05, 0) is 118 Å². The summed E-state index contributed by atoms with van der Waals surface area (Å²) >= 11 is 15.7. The largest absolute Gasteiger partial charge is 0.444 e. The van der Waals surface area contributed by atoms with Crippen LogP contribution in [-0.2, 0) is 27.4 Å². The van der Waals surface area contributed by atoms with Crippen LogP contribution in [0, 0.1) is 23.5 Å². The Morgan fingerprint density at radius 2 is 1.19 bits per heavy atom. The maximum atomic E-state index is 13.2. The Bertz CT molecular complexity index is 2550. The maximum absolute atomic E-state index is 13.2. The lowest BCUT2D eigenvalue weighted by Crippen LogP contribution is -2.53. The summed E-state index contributed by atoms with van der Waals surface area (Å²) in [7, 11) is 0. The highest BCUT2D eigenvalue weighted by Gasteiger charge is 2.34. The van der Waals surface area contributed by atoms with E-state index in [1.807, 2.05) is 61.8 Å². The summed E-state index contributed by atoms with van der Waals surface area (Å²) < 4.78 is 32.6. The van der Waals surface area contributed by atoms with E-state index >= 15 is 0 Å². The van der Waals surface area contributed by atoms with Crippen LogP contribution in [0.25, 0.3) is 12.2 Å². The second-order valence-corrected chi connectivity index (χ2v) is 20.5. The molecule has 3 aliphatic heterocycles. The molecule has 0 saturated carbocycles. The quantitative estimate of drug-likeness (QED) is 0.139. The number of carbonyl (C=O) groups excluding carboxylic acids is 3. The van der Waals surface area contributed by atoms with E-state index in [-0.39, 0.29) is 35.5 Å². The molecule has 1 N–H and O–H groups in total. The molecule has 2 atom stereocenters. The Morgan fingerprint density at radius 1 is 0.725 bits per heavy atom. The van der Waals surface area contributed by atoms with Gasteiger partial charge in [0.25, 0.3) is 0 Å². The number of rotatable bonds is 8. The van der Waals surface area contributed by atoms with Gasteiger partial charge in [0, 0.05) is 123 Å². The van der Waals surface area contributed by atoms with Crippen LogP contribution in [0.4, 0.5) is 13.6 Å². The monoisotopic (exact) mass is 1050 g/mol. The molecule has 0 aromatic heterocycles. The number of carbonyl (C=O) groups is 3. The number of piperidine rings is 1. The highest BCUT2D eigenvalue weighted by Crippen LogP contribution is 2.26. The summed E-state index contributed by atoms with van der Waals surface area (Å²) in [4.78, 5) is 48.0. The van der Waals surface area contributed by atoms with Crippen molar-refractivity contribution in [3.05, 3.63) is 151 Å². The van der Waals surface area contributed by atoms with E-state index in [0.717, 1.165) is 59.5 Å². The van der Waals surface area contributed by atoms with Crippen molar-refractivity contribution >= 4 is 69.2 Å². The number of hydrogen-bond donors (Lipinski definition) is 1. The zero-order valence-electron chi connectivity index (χ0n) is 39.7. The predicted octanol–water partition coefficient (Wildman–Crippen LogP) is 10.3. The molecule has 15 heteroatoms. The fourth-order valence-electron chi connectivity index (χ4n) is 8.33. The minimum atomic E-state index is -1.25. The summed E-state index contributed by atoms with van der Waals surface area (Å²) in [6.45, 7) is 16.0. The van der Waals surface area contributed by atoms with Gasteiger partial charge in [0.1, 0.15) is 22.8 Å². The molecule has 3 amide bonds. The molecule has 0 bridgehead atoms. The summed E-state index contributed by atoms with van der Waals surface area (Å²) in [5.74, 6) is 5.50. The minimum Gasteiger partial charge on any atom is -0.444 e. The topological polar surface area (TPSA) is 96.9 Å².